The molecule has 1 atom stereocenters. The maximum atomic E-state index is 5.76. The molecule has 0 spiro atoms. The first-order valence-corrected chi connectivity index (χ1v) is 9.62. The maximum absolute atomic E-state index is 5.76. The van der Waals surface area contributed by atoms with Crippen LogP contribution in [0.15, 0.2) is 90.6 Å². The third-order valence-electron chi connectivity index (χ3n) is 4.47. The van der Waals surface area contributed by atoms with E-state index in [9.17, 15) is 0 Å². The molecule has 154 valence electrons. The van der Waals surface area contributed by atoms with Crippen molar-refractivity contribution >= 4 is 5.71 Å². The Hall–Kier alpha value is -3.71. The first kappa shape index (κ1) is 21.0. The van der Waals surface area contributed by atoms with E-state index in [2.05, 4.69) is 15.4 Å². The van der Waals surface area contributed by atoms with Gasteiger partial charge < -0.3 is 10.6 Å². The smallest absolute Gasteiger partial charge is 0.106 e. The molecule has 7 nitrogen and oxygen atoms in total. The van der Waals surface area contributed by atoms with Crippen molar-refractivity contribution in [2.24, 2.45) is 10.9 Å². The summed E-state index contributed by atoms with van der Waals surface area (Å²) in [6, 6.07) is 20.0. The number of benzene rings is 2. The molecule has 7 heteroatoms. The van der Waals surface area contributed by atoms with Crippen molar-refractivity contribution in [3.05, 3.63) is 96.6 Å². The summed E-state index contributed by atoms with van der Waals surface area (Å²) in [4.78, 5) is 4.73. The highest BCUT2D eigenvalue weighted by Gasteiger charge is 2.01. The zero-order valence-corrected chi connectivity index (χ0v) is 17.4. The van der Waals surface area contributed by atoms with Gasteiger partial charge in [-0.05, 0) is 61.4 Å². The molecule has 0 aliphatic heterocycles. The summed E-state index contributed by atoms with van der Waals surface area (Å²) in [5.41, 5.74) is 10.9. The fourth-order valence-corrected chi connectivity index (χ4v) is 2.82. The maximum Gasteiger partial charge on any atom is 0.106 e. The van der Waals surface area contributed by atoms with E-state index in [1.807, 2.05) is 96.3 Å². The van der Waals surface area contributed by atoms with Crippen molar-refractivity contribution < 1.29 is 4.84 Å². The van der Waals surface area contributed by atoms with E-state index in [-0.39, 0.29) is 6.04 Å². The van der Waals surface area contributed by atoms with Crippen LogP contribution in [0.4, 0.5) is 0 Å². The van der Waals surface area contributed by atoms with Gasteiger partial charge in [0.2, 0.25) is 0 Å². The van der Waals surface area contributed by atoms with Crippen LogP contribution < -0.4 is 5.73 Å². The van der Waals surface area contributed by atoms with Crippen LogP contribution in [0.5, 0.6) is 0 Å². The van der Waals surface area contributed by atoms with Crippen LogP contribution in [0.3, 0.4) is 0 Å². The predicted molar refractivity (Wildman–Crippen MR) is 119 cm³/mol. The topological polar surface area (TPSA) is 83.3 Å². The number of nitrogens with two attached hydrogens (primary N) is 1. The number of hydrogen-bond acceptors (Lipinski definition) is 5. The molecule has 0 bridgehead atoms. The Morgan fingerprint density at radius 1 is 0.900 bits per heavy atom. The van der Waals surface area contributed by atoms with E-state index in [0.29, 0.717) is 0 Å². The lowest BCUT2D eigenvalue weighted by Gasteiger charge is -2.06. The highest BCUT2D eigenvalue weighted by molar-refractivity contribution is 5.98. The zero-order chi connectivity index (χ0) is 21.3. The number of aromatic nitrogens is 4. The van der Waals surface area contributed by atoms with Gasteiger partial charge in [0.15, 0.2) is 0 Å². The summed E-state index contributed by atoms with van der Waals surface area (Å²) in [6.07, 6.45) is 7.34. The molecule has 2 heterocycles. The van der Waals surface area contributed by atoms with Gasteiger partial charge >= 0.3 is 0 Å². The van der Waals surface area contributed by atoms with E-state index < -0.39 is 0 Å². The summed E-state index contributed by atoms with van der Waals surface area (Å²) in [5.74, 6) is 0. The molecule has 0 saturated carbocycles. The first-order chi connectivity index (χ1) is 14.6. The zero-order valence-electron chi connectivity index (χ0n) is 17.4. The van der Waals surface area contributed by atoms with Crippen molar-refractivity contribution in [1.29, 1.82) is 0 Å². The summed E-state index contributed by atoms with van der Waals surface area (Å²) in [5, 5.41) is 12.2. The summed E-state index contributed by atoms with van der Waals surface area (Å²) < 4.78 is 3.64. The molecule has 30 heavy (non-hydrogen) atoms. The van der Waals surface area contributed by atoms with Gasteiger partial charge in [0, 0.05) is 30.8 Å². The monoisotopic (exact) mass is 402 g/mol. The average molecular weight is 403 g/mol. The largest absolute Gasteiger partial charge is 0.399 e. The third kappa shape index (κ3) is 5.42. The number of hydrogen-bond donors (Lipinski definition) is 1. The lowest BCUT2D eigenvalue weighted by Crippen LogP contribution is -2.05. The minimum Gasteiger partial charge on any atom is -0.399 e. The Kier molecular flexibility index (Phi) is 7.13. The van der Waals surface area contributed by atoms with Gasteiger partial charge in [-0.15, -0.1) is 0 Å². The van der Waals surface area contributed by atoms with Gasteiger partial charge in [0.25, 0.3) is 0 Å². The van der Waals surface area contributed by atoms with Crippen LogP contribution in [0.25, 0.3) is 11.4 Å². The van der Waals surface area contributed by atoms with Crippen molar-refractivity contribution in [3.8, 4) is 11.4 Å². The second-order valence-electron chi connectivity index (χ2n) is 6.69. The van der Waals surface area contributed by atoms with Gasteiger partial charge in [-0.2, -0.15) is 10.2 Å². The third-order valence-corrected chi connectivity index (χ3v) is 4.47. The summed E-state index contributed by atoms with van der Waals surface area (Å²) in [6.45, 7) is 3.88. The van der Waals surface area contributed by atoms with E-state index in [1.165, 1.54) is 0 Å². The molecule has 0 aliphatic carbocycles. The van der Waals surface area contributed by atoms with Gasteiger partial charge in [0.1, 0.15) is 7.11 Å². The molecule has 4 rings (SSSR count). The lowest BCUT2D eigenvalue weighted by atomic mass is 10.1. The summed E-state index contributed by atoms with van der Waals surface area (Å²) in [7, 11) is 1.54. The average Bonchev–Trinajstić information content (AvgIpc) is 3.49. The Morgan fingerprint density at radius 3 is 1.80 bits per heavy atom. The van der Waals surface area contributed by atoms with Gasteiger partial charge in [0.05, 0.1) is 17.1 Å². The van der Waals surface area contributed by atoms with Crippen LogP contribution in [0, 0.1) is 0 Å². The fraction of sp³-hybridized carbons (Fsp3) is 0.174. The van der Waals surface area contributed by atoms with Crippen molar-refractivity contribution in [1.82, 2.24) is 19.6 Å². The van der Waals surface area contributed by atoms with Crippen LogP contribution in [-0.2, 0) is 4.84 Å². The highest BCUT2D eigenvalue weighted by Crippen LogP contribution is 2.13. The molecule has 2 N–H and O–H groups in total. The van der Waals surface area contributed by atoms with E-state index >= 15 is 0 Å². The van der Waals surface area contributed by atoms with Crippen LogP contribution in [0.1, 0.15) is 31.0 Å². The predicted octanol–water partition coefficient (Wildman–Crippen LogP) is 4.13. The van der Waals surface area contributed by atoms with E-state index in [0.717, 1.165) is 28.2 Å². The Labute approximate surface area is 176 Å². The molecule has 4 aromatic rings. The fourth-order valence-electron chi connectivity index (χ4n) is 2.82. The quantitative estimate of drug-likeness (QED) is 0.402. The standard InChI is InChI=1S/C12H13N3O.C11H13N3/c1-10(14-16-2)11-4-6-12(7-5-11)15-9-3-8-13-15;1-9(12)10-3-5-11(6-4-10)14-8-2-7-13-14/h3-9H,1-2H3;2-9H,12H2,1H3. The molecule has 0 radical (unpaired) electrons. The lowest BCUT2D eigenvalue weighted by molar-refractivity contribution is 0.213. The van der Waals surface area contributed by atoms with Crippen LogP contribution in [0.2, 0.25) is 0 Å². The number of rotatable bonds is 5. The normalized spacial score (nSPS) is 12.1. The first-order valence-electron chi connectivity index (χ1n) is 9.62. The number of oxime groups is 1. The Morgan fingerprint density at radius 2 is 1.40 bits per heavy atom. The van der Waals surface area contributed by atoms with Gasteiger partial charge in [-0.25, -0.2) is 9.36 Å². The minimum atomic E-state index is 0.0849. The highest BCUT2D eigenvalue weighted by atomic mass is 16.6. The Balaban J connectivity index is 0.000000172. The molecule has 2 aromatic heterocycles. The molecule has 0 aliphatic rings. The van der Waals surface area contributed by atoms with Gasteiger partial charge in [-0.1, -0.05) is 29.4 Å². The van der Waals surface area contributed by atoms with Gasteiger partial charge in [-0.3, -0.25) is 0 Å². The minimum absolute atomic E-state index is 0.0849. The second-order valence-corrected chi connectivity index (χ2v) is 6.69. The Bertz CT molecular complexity index is 1030. The van der Waals surface area contributed by atoms with Crippen molar-refractivity contribution in [2.45, 2.75) is 19.9 Å². The van der Waals surface area contributed by atoms with Crippen LogP contribution in [-0.4, -0.2) is 32.4 Å². The van der Waals surface area contributed by atoms with Crippen molar-refractivity contribution in [3.63, 3.8) is 0 Å². The van der Waals surface area contributed by atoms with E-state index in [4.69, 9.17) is 10.6 Å². The molecular weight excluding hydrogens is 376 g/mol. The SMILES string of the molecule is CC(N)c1ccc(-n2cccn2)cc1.CON=C(C)c1ccc(-n2cccn2)cc1. The molecule has 2 aromatic carbocycles. The molecule has 0 saturated heterocycles. The molecule has 0 fully saturated rings. The molecular formula is C23H26N6O. The summed E-state index contributed by atoms with van der Waals surface area (Å²) >= 11 is 0. The van der Waals surface area contributed by atoms with E-state index in [1.54, 1.807) is 19.5 Å². The van der Waals surface area contributed by atoms with Crippen LogP contribution >= 0.6 is 0 Å². The van der Waals surface area contributed by atoms with Crippen molar-refractivity contribution in [2.75, 3.05) is 7.11 Å². The number of nitrogens with zero attached hydrogens (tertiary/aromatic N) is 5. The second kappa shape index (κ2) is 10.2. The molecule has 1 unspecified atom stereocenters. The molecule has 0 amide bonds.